The number of para-hydroxylation sites is 1. The van der Waals surface area contributed by atoms with Crippen LogP contribution in [0.15, 0.2) is 30.5 Å². The van der Waals surface area contributed by atoms with Crippen LogP contribution in [0, 0.1) is 0 Å². The summed E-state index contributed by atoms with van der Waals surface area (Å²) in [4.78, 5) is 0. The summed E-state index contributed by atoms with van der Waals surface area (Å²) in [6.45, 7) is 1.15. The zero-order valence-electron chi connectivity index (χ0n) is 8.49. The molecule has 2 nitrogen and oxygen atoms in total. The molecule has 1 N–H and O–H groups in total. The van der Waals surface area contributed by atoms with Gasteiger partial charge in [0.25, 0.3) is 0 Å². The van der Waals surface area contributed by atoms with Crippen molar-refractivity contribution in [3.05, 3.63) is 36.0 Å². The number of alkyl halides is 1. The fourth-order valence-electron chi connectivity index (χ4n) is 1.86. The maximum absolute atomic E-state index is 8.85. The summed E-state index contributed by atoms with van der Waals surface area (Å²) in [5, 5.41) is 10.2. The second-order valence-corrected chi connectivity index (χ2v) is 4.34. The molecule has 0 saturated carbocycles. The zero-order chi connectivity index (χ0) is 10.7. The highest BCUT2D eigenvalue weighted by atomic mass is 127. The van der Waals surface area contributed by atoms with E-state index in [0.29, 0.717) is 0 Å². The molecular formula is C12H14INO. The van der Waals surface area contributed by atoms with Crippen molar-refractivity contribution in [1.82, 2.24) is 4.57 Å². The topological polar surface area (TPSA) is 25.2 Å². The minimum Gasteiger partial charge on any atom is -0.396 e. The summed E-state index contributed by atoms with van der Waals surface area (Å²) in [6.07, 6.45) is 3.02. The molecule has 15 heavy (non-hydrogen) atoms. The largest absolute Gasteiger partial charge is 0.396 e. The van der Waals surface area contributed by atoms with Crippen LogP contribution in [0.4, 0.5) is 0 Å². The summed E-state index contributed by atoms with van der Waals surface area (Å²) in [5.41, 5.74) is 2.65. The van der Waals surface area contributed by atoms with Gasteiger partial charge in [-0.25, -0.2) is 0 Å². The van der Waals surface area contributed by atoms with Crippen molar-refractivity contribution in [2.75, 3.05) is 6.61 Å². The molecule has 1 aromatic carbocycles. The lowest BCUT2D eigenvalue weighted by atomic mass is 10.2. The van der Waals surface area contributed by atoms with Gasteiger partial charge in [0.05, 0.1) is 0 Å². The lowest BCUT2D eigenvalue weighted by Crippen LogP contribution is -1.97. The number of benzene rings is 1. The molecule has 0 bridgehead atoms. The van der Waals surface area contributed by atoms with Crippen LogP contribution in [0.1, 0.15) is 12.0 Å². The predicted octanol–water partition coefficient (Wildman–Crippen LogP) is 2.96. The molecule has 3 heteroatoms. The number of aromatic nitrogens is 1. The minimum absolute atomic E-state index is 0.256. The van der Waals surface area contributed by atoms with Gasteiger partial charge in [0, 0.05) is 34.7 Å². The van der Waals surface area contributed by atoms with Crippen LogP contribution in [0.2, 0.25) is 0 Å². The monoisotopic (exact) mass is 315 g/mol. The van der Waals surface area contributed by atoms with E-state index in [1.54, 1.807) is 0 Å². The van der Waals surface area contributed by atoms with E-state index in [0.717, 1.165) is 17.4 Å². The Balaban J connectivity index is 2.45. The third-order valence-electron chi connectivity index (χ3n) is 2.57. The number of fused-ring (bicyclic) bond motifs is 1. The van der Waals surface area contributed by atoms with Crippen molar-refractivity contribution in [2.24, 2.45) is 0 Å². The SMILES string of the molecule is OCCCn1cc(CI)c2ccccc21. The Morgan fingerprint density at radius 2 is 2.07 bits per heavy atom. The highest BCUT2D eigenvalue weighted by molar-refractivity contribution is 14.1. The molecule has 0 radical (unpaired) electrons. The van der Waals surface area contributed by atoms with Gasteiger partial charge in [-0.05, 0) is 18.1 Å². The standard InChI is InChI=1S/C12H14INO/c13-8-10-9-14(6-3-7-15)12-5-2-1-4-11(10)12/h1-2,4-5,9,15H,3,6-8H2. The van der Waals surface area contributed by atoms with Gasteiger partial charge in [-0.1, -0.05) is 40.8 Å². The van der Waals surface area contributed by atoms with Crippen LogP contribution in [0.3, 0.4) is 0 Å². The summed E-state index contributed by atoms with van der Waals surface area (Å²) in [5.74, 6) is 0. The lowest BCUT2D eigenvalue weighted by Gasteiger charge is -2.02. The fourth-order valence-corrected chi connectivity index (χ4v) is 2.46. The highest BCUT2D eigenvalue weighted by Gasteiger charge is 2.05. The van der Waals surface area contributed by atoms with Crippen LogP contribution in [-0.2, 0) is 11.0 Å². The number of aryl methyl sites for hydroxylation is 1. The zero-order valence-corrected chi connectivity index (χ0v) is 10.6. The van der Waals surface area contributed by atoms with Gasteiger partial charge in [0.15, 0.2) is 0 Å². The van der Waals surface area contributed by atoms with Crippen molar-refractivity contribution in [3.8, 4) is 0 Å². The van der Waals surface area contributed by atoms with Gasteiger partial charge >= 0.3 is 0 Å². The Labute approximate surface area is 103 Å². The summed E-state index contributed by atoms with van der Waals surface area (Å²) < 4.78 is 3.27. The minimum atomic E-state index is 0.256. The number of rotatable bonds is 4. The van der Waals surface area contributed by atoms with Crippen LogP contribution < -0.4 is 0 Å². The number of nitrogens with zero attached hydrogens (tertiary/aromatic N) is 1. The van der Waals surface area contributed by atoms with E-state index in [-0.39, 0.29) is 6.61 Å². The molecule has 0 saturated heterocycles. The lowest BCUT2D eigenvalue weighted by molar-refractivity contribution is 0.280. The average molecular weight is 315 g/mol. The van der Waals surface area contributed by atoms with E-state index in [9.17, 15) is 0 Å². The average Bonchev–Trinajstić information content (AvgIpc) is 2.65. The Kier molecular flexibility index (Phi) is 3.64. The normalized spacial score (nSPS) is 11.1. The fraction of sp³-hybridized carbons (Fsp3) is 0.333. The van der Waals surface area contributed by atoms with Gasteiger partial charge < -0.3 is 9.67 Å². The highest BCUT2D eigenvalue weighted by Crippen LogP contribution is 2.23. The van der Waals surface area contributed by atoms with E-state index < -0.39 is 0 Å². The van der Waals surface area contributed by atoms with Crippen molar-refractivity contribution in [1.29, 1.82) is 0 Å². The molecule has 0 aliphatic rings. The predicted molar refractivity (Wildman–Crippen MR) is 71.4 cm³/mol. The van der Waals surface area contributed by atoms with E-state index in [1.807, 2.05) is 0 Å². The quantitative estimate of drug-likeness (QED) is 0.681. The maximum atomic E-state index is 8.85. The second-order valence-electron chi connectivity index (χ2n) is 3.58. The first kappa shape index (κ1) is 11.0. The Morgan fingerprint density at radius 1 is 1.27 bits per heavy atom. The van der Waals surface area contributed by atoms with Gasteiger partial charge in [0.1, 0.15) is 0 Å². The first-order valence-electron chi connectivity index (χ1n) is 5.10. The van der Waals surface area contributed by atoms with E-state index in [4.69, 9.17) is 5.11 Å². The van der Waals surface area contributed by atoms with Gasteiger partial charge in [-0.3, -0.25) is 0 Å². The molecule has 1 aromatic heterocycles. The molecule has 0 fully saturated rings. The number of aliphatic hydroxyl groups is 1. The smallest absolute Gasteiger partial charge is 0.0483 e. The van der Waals surface area contributed by atoms with Gasteiger partial charge in [-0.2, -0.15) is 0 Å². The van der Waals surface area contributed by atoms with Crippen LogP contribution in [0.25, 0.3) is 10.9 Å². The first-order valence-corrected chi connectivity index (χ1v) is 6.63. The van der Waals surface area contributed by atoms with Gasteiger partial charge in [-0.15, -0.1) is 0 Å². The third-order valence-corrected chi connectivity index (χ3v) is 3.39. The third kappa shape index (κ3) is 2.18. The molecule has 1 heterocycles. The Hall–Kier alpha value is -0.550. The summed E-state index contributed by atoms with van der Waals surface area (Å²) >= 11 is 2.39. The second kappa shape index (κ2) is 4.99. The maximum Gasteiger partial charge on any atom is 0.0483 e. The molecule has 2 rings (SSSR count). The van der Waals surface area contributed by atoms with Crippen LogP contribution in [0.5, 0.6) is 0 Å². The summed E-state index contributed by atoms with van der Waals surface area (Å²) in [6, 6.07) is 8.45. The van der Waals surface area contributed by atoms with Crippen molar-refractivity contribution < 1.29 is 5.11 Å². The first-order chi connectivity index (χ1) is 7.36. The van der Waals surface area contributed by atoms with E-state index in [1.165, 1.54) is 16.5 Å². The summed E-state index contributed by atoms with van der Waals surface area (Å²) in [7, 11) is 0. The number of hydrogen-bond donors (Lipinski definition) is 1. The Bertz CT molecular complexity index is 450. The molecule has 0 amide bonds. The number of aliphatic hydroxyl groups excluding tert-OH is 1. The van der Waals surface area contributed by atoms with E-state index >= 15 is 0 Å². The number of hydrogen-bond acceptors (Lipinski definition) is 1. The molecule has 0 spiro atoms. The molecule has 0 aliphatic heterocycles. The molecule has 0 aliphatic carbocycles. The molecular weight excluding hydrogens is 301 g/mol. The molecule has 0 atom stereocenters. The van der Waals surface area contributed by atoms with Crippen molar-refractivity contribution >= 4 is 33.5 Å². The molecule has 2 aromatic rings. The number of halogens is 1. The Morgan fingerprint density at radius 3 is 2.80 bits per heavy atom. The van der Waals surface area contributed by atoms with Crippen molar-refractivity contribution in [2.45, 2.75) is 17.4 Å². The molecule has 80 valence electrons. The molecule has 0 unspecified atom stereocenters. The van der Waals surface area contributed by atoms with Crippen molar-refractivity contribution in [3.63, 3.8) is 0 Å². The van der Waals surface area contributed by atoms with E-state index in [2.05, 4.69) is 57.6 Å². The van der Waals surface area contributed by atoms with Crippen LogP contribution in [-0.4, -0.2) is 16.3 Å². The van der Waals surface area contributed by atoms with Crippen LogP contribution >= 0.6 is 22.6 Å². The van der Waals surface area contributed by atoms with Gasteiger partial charge in [0.2, 0.25) is 0 Å².